The second kappa shape index (κ2) is 7.20. The zero-order valence-corrected chi connectivity index (χ0v) is 12.8. The second-order valence-electron chi connectivity index (χ2n) is 5.76. The number of carboxylic acids is 1. The van der Waals surface area contributed by atoms with Crippen LogP contribution >= 0.6 is 11.8 Å². The first-order valence-corrected chi connectivity index (χ1v) is 8.62. The van der Waals surface area contributed by atoms with Crippen LogP contribution in [0.15, 0.2) is 0 Å². The molecule has 1 saturated heterocycles. The highest BCUT2D eigenvalue weighted by atomic mass is 32.2. The largest absolute Gasteiger partial charge is 0.480 e. The molecule has 0 bridgehead atoms. The number of thioether (sulfide) groups is 1. The third-order valence-electron chi connectivity index (χ3n) is 4.38. The Balaban J connectivity index is 1.90. The monoisotopic (exact) mass is 300 g/mol. The fraction of sp³-hybridized carbons (Fsp3) is 0.857. The zero-order valence-electron chi connectivity index (χ0n) is 12.0. The number of amides is 2. The van der Waals surface area contributed by atoms with Crippen molar-refractivity contribution in [2.24, 2.45) is 5.92 Å². The first-order valence-electron chi connectivity index (χ1n) is 7.47. The number of carbonyl (C=O) groups excluding carboxylic acids is 1. The van der Waals surface area contributed by atoms with E-state index < -0.39 is 12.0 Å². The average Bonchev–Trinajstić information content (AvgIpc) is 2.48. The topological polar surface area (TPSA) is 69.6 Å². The molecule has 0 aromatic heterocycles. The number of hydrogen-bond donors (Lipinski definition) is 2. The third-order valence-corrected chi connectivity index (χ3v) is 5.41. The van der Waals surface area contributed by atoms with Crippen LogP contribution in [-0.2, 0) is 4.79 Å². The van der Waals surface area contributed by atoms with E-state index in [1.54, 1.807) is 11.8 Å². The summed E-state index contributed by atoms with van der Waals surface area (Å²) >= 11 is 1.60. The van der Waals surface area contributed by atoms with Crippen molar-refractivity contribution in [3.05, 3.63) is 0 Å². The lowest BCUT2D eigenvalue weighted by atomic mass is 9.84. The fourth-order valence-corrected chi connectivity index (χ4v) is 4.12. The van der Waals surface area contributed by atoms with Crippen LogP contribution in [0.3, 0.4) is 0 Å². The number of nitrogens with one attached hydrogen (secondary N) is 1. The van der Waals surface area contributed by atoms with Crippen LogP contribution in [0.25, 0.3) is 0 Å². The van der Waals surface area contributed by atoms with Gasteiger partial charge in [0.1, 0.15) is 6.04 Å². The molecule has 1 aliphatic carbocycles. The van der Waals surface area contributed by atoms with Gasteiger partial charge in [-0.1, -0.05) is 19.3 Å². The average molecular weight is 300 g/mol. The first-order chi connectivity index (χ1) is 9.59. The van der Waals surface area contributed by atoms with Gasteiger partial charge in [-0.3, -0.25) is 0 Å². The third kappa shape index (κ3) is 3.81. The highest BCUT2D eigenvalue weighted by Crippen LogP contribution is 2.26. The number of carbonyl (C=O) groups is 2. The second-order valence-corrected chi connectivity index (χ2v) is 6.91. The predicted octanol–water partition coefficient (Wildman–Crippen LogP) is 2.17. The molecule has 2 aliphatic rings. The molecule has 0 spiro atoms. The maximum atomic E-state index is 12.3. The Hall–Kier alpha value is -0.910. The molecule has 2 N–H and O–H groups in total. The number of rotatable bonds is 3. The van der Waals surface area contributed by atoms with Crippen molar-refractivity contribution in [2.45, 2.75) is 51.1 Å². The number of hydrogen-bond acceptors (Lipinski definition) is 3. The molecular formula is C14H24N2O3S. The highest BCUT2D eigenvalue weighted by Gasteiger charge is 2.33. The molecule has 2 rings (SSSR count). The van der Waals surface area contributed by atoms with Crippen molar-refractivity contribution >= 4 is 23.8 Å². The minimum Gasteiger partial charge on any atom is -0.480 e. The van der Waals surface area contributed by atoms with E-state index in [4.69, 9.17) is 0 Å². The summed E-state index contributed by atoms with van der Waals surface area (Å²) in [5.41, 5.74) is 0. The van der Waals surface area contributed by atoms with Crippen LogP contribution in [0.4, 0.5) is 4.79 Å². The summed E-state index contributed by atoms with van der Waals surface area (Å²) in [6.45, 7) is 2.56. The van der Waals surface area contributed by atoms with Gasteiger partial charge in [0, 0.05) is 24.1 Å². The normalized spacial score (nSPS) is 26.1. The van der Waals surface area contributed by atoms with Crippen molar-refractivity contribution < 1.29 is 14.7 Å². The minimum atomic E-state index is -0.905. The van der Waals surface area contributed by atoms with Gasteiger partial charge in [0.15, 0.2) is 0 Å². The van der Waals surface area contributed by atoms with E-state index in [1.165, 1.54) is 37.0 Å². The maximum Gasteiger partial charge on any atom is 0.327 e. The van der Waals surface area contributed by atoms with Gasteiger partial charge < -0.3 is 15.3 Å². The van der Waals surface area contributed by atoms with Crippen LogP contribution < -0.4 is 5.32 Å². The predicted molar refractivity (Wildman–Crippen MR) is 80.0 cm³/mol. The Morgan fingerprint density at radius 3 is 2.65 bits per heavy atom. The molecule has 1 saturated carbocycles. The van der Waals surface area contributed by atoms with Crippen LogP contribution in [0.2, 0.25) is 0 Å². The van der Waals surface area contributed by atoms with Crippen LogP contribution in [-0.4, -0.2) is 52.1 Å². The Morgan fingerprint density at radius 1 is 1.30 bits per heavy atom. The summed E-state index contributed by atoms with van der Waals surface area (Å²) in [5.74, 6) is 0.933. The summed E-state index contributed by atoms with van der Waals surface area (Å²) in [4.78, 5) is 25.0. The first kappa shape index (κ1) is 15.5. The van der Waals surface area contributed by atoms with Crippen LogP contribution in [0.1, 0.15) is 39.0 Å². The Morgan fingerprint density at radius 2 is 2.00 bits per heavy atom. The molecule has 0 radical (unpaired) electrons. The Kier molecular flexibility index (Phi) is 5.57. The van der Waals surface area contributed by atoms with Gasteiger partial charge in [-0.05, 0) is 25.7 Å². The zero-order chi connectivity index (χ0) is 14.5. The summed E-state index contributed by atoms with van der Waals surface area (Å²) in [7, 11) is 0. The van der Waals surface area contributed by atoms with Crippen LogP contribution in [0, 0.1) is 5.92 Å². The maximum absolute atomic E-state index is 12.3. The van der Waals surface area contributed by atoms with Crippen molar-refractivity contribution in [3.8, 4) is 0 Å². The Bertz CT molecular complexity index is 358. The van der Waals surface area contributed by atoms with Crippen molar-refractivity contribution in [3.63, 3.8) is 0 Å². The fourth-order valence-electron chi connectivity index (χ4n) is 3.08. The van der Waals surface area contributed by atoms with Gasteiger partial charge >= 0.3 is 12.0 Å². The standard InChI is InChI=1S/C14H24N2O3S/c1-10(11-5-3-2-4-6-11)15-14(19)16-7-8-20-9-12(16)13(17)18/h10-12H,2-9H2,1H3,(H,15,19)(H,17,18). The molecule has 2 fully saturated rings. The van der Waals surface area contributed by atoms with Crippen molar-refractivity contribution in [2.75, 3.05) is 18.1 Å². The van der Waals surface area contributed by atoms with Gasteiger partial charge in [0.05, 0.1) is 0 Å². The number of nitrogens with zero attached hydrogens (tertiary/aromatic N) is 1. The van der Waals surface area contributed by atoms with E-state index in [1.807, 2.05) is 6.92 Å². The molecule has 114 valence electrons. The van der Waals surface area contributed by atoms with Gasteiger partial charge in [-0.2, -0.15) is 11.8 Å². The molecule has 20 heavy (non-hydrogen) atoms. The molecule has 0 aromatic carbocycles. The smallest absolute Gasteiger partial charge is 0.327 e. The van der Waals surface area contributed by atoms with E-state index in [2.05, 4.69) is 5.32 Å². The van der Waals surface area contributed by atoms with Crippen LogP contribution in [0.5, 0.6) is 0 Å². The van der Waals surface area contributed by atoms with Gasteiger partial charge in [-0.15, -0.1) is 0 Å². The summed E-state index contributed by atoms with van der Waals surface area (Å²) < 4.78 is 0. The van der Waals surface area contributed by atoms with E-state index in [0.717, 1.165) is 5.75 Å². The lowest BCUT2D eigenvalue weighted by Gasteiger charge is -2.35. The summed E-state index contributed by atoms with van der Waals surface area (Å²) in [5, 5.41) is 12.2. The SMILES string of the molecule is CC(NC(=O)N1CCSCC1C(=O)O)C1CCCCC1. The van der Waals surface area contributed by atoms with Gasteiger partial charge in [0.2, 0.25) is 0 Å². The number of aliphatic carboxylic acids is 1. The van der Waals surface area contributed by atoms with Gasteiger partial charge in [0.25, 0.3) is 0 Å². The molecule has 2 amide bonds. The summed E-state index contributed by atoms with van der Waals surface area (Å²) in [6.07, 6.45) is 6.10. The minimum absolute atomic E-state index is 0.131. The lowest BCUT2D eigenvalue weighted by molar-refractivity contribution is -0.141. The van der Waals surface area contributed by atoms with Gasteiger partial charge in [-0.25, -0.2) is 9.59 Å². The van der Waals surface area contributed by atoms with Crippen molar-refractivity contribution in [1.29, 1.82) is 0 Å². The summed E-state index contributed by atoms with van der Waals surface area (Å²) in [6, 6.07) is -0.769. The molecule has 2 unspecified atom stereocenters. The molecular weight excluding hydrogens is 276 g/mol. The molecule has 5 nitrogen and oxygen atoms in total. The Labute approximate surface area is 124 Å². The van der Waals surface area contributed by atoms with E-state index in [9.17, 15) is 14.7 Å². The van der Waals surface area contributed by atoms with E-state index in [0.29, 0.717) is 18.2 Å². The van der Waals surface area contributed by atoms with Crippen molar-refractivity contribution in [1.82, 2.24) is 10.2 Å². The van der Waals surface area contributed by atoms with E-state index >= 15 is 0 Å². The lowest BCUT2D eigenvalue weighted by Crippen LogP contribution is -2.56. The molecule has 1 aliphatic heterocycles. The molecule has 1 heterocycles. The highest BCUT2D eigenvalue weighted by molar-refractivity contribution is 7.99. The molecule has 0 aromatic rings. The number of urea groups is 1. The molecule has 6 heteroatoms. The quantitative estimate of drug-likeness (QED) is 0.838. The van der Waals surface area contributed by atoms with E-state index in [-0.39, 0.29) is 12.1 Å². The molecule has 2 atom stereocenters. The number of carboxylic acid groups (broad SMARTS) is 1.